The molecule has 2 aromatic rings. The maximum atomic E-state index is 12.6. The lowest BCUT2D eigenvalue weighted by atomic mass is 10.0. The highest BCUT2D eigenvalue weighted by atomic mass is 19.4. The van der Waals surface area contributed by atoms with Gasteiger partial charge in [0.25, 0.3) is 5.91 Å². The average molecular weight is 383 g/mol. The van der Waals surface area contributed by atoms with Crippen molar-refractivity contribution in [3.8, 4) is 5.75 Å². The molecule has 3 rings (SSSR count). The quantitative estimate of drug-likeness (QED) is 0.846. The van der Waals surface area contributed by atoms with E-state index in [1.807, 2.05) is 0 Å². The molecule has 7 nitrogen and oxygen atoms in total. The summed E-state index contributed by atoms with van der Waals surface area (Å²) in [5.74, 6) is -2.06. The van der Waals surface area contributed by atoms with Crippen LogP contribution in [0.15, 0.2) is 24.3 Å². The summed E-state index contributed by atoms with van der Waals surface area (Å²) in [6.45, 7) is -0.403. The fourth-order valence-corrected chi connectivity index (χ4v) is 3.08. The predicted molar refractivity (Wildman–Crippen MR) is 86.4 cm³/mol. The average Bonchev–Trinajstić information content (AvgIpc) is 2.97. The summed E-state index contributed by atoms with van der Waals surface area (Å²) in [6.07, 6.45) is -5.34. The summed E-state index contributed by atoms with van der Waals surface area (Å²) >= 11 is 0. The summed E-state index contributed by atoms with van der Waals surface area (Å²) in [4.78, 5) is 25.4. The molecule has 1 amide bonds. The van der Waals surface area contributed by atoms with Crippen molar-refractivity contribution in [3.63, 3.8) is 0 Å². The van der Waals surface area contributed by atoms with Crippen LogP contribution in [0.2, 0.25) is 0 Å². The van der Waals surface area contributed by atoms with Gasteiger partial charge in [-0.3, -0.25) is 9.48 Å². The van der Waals surface area contributed by atoms with E-state index < -0.39 is 31.0 Å². The van der Waals surface area contributed by atoms with Crippen molar-refractivity contribution >= 4 is 11.9 Å². The van der Waals surface area contributed by atoms with Gasteiger partial charge >= 0.3 is 12.1 Å². The van der Waals surface area contributed by atoms with E-state index in [1.54, 1.807) is 12.1 Å². The number of hydrogen-bond donors (Lipinski definition) is 2. The number of amides is 1. The van der Waals surface area contributed by atoms with Gasteiger partial charge in [-0.1, -0.05) is 12.1 Å². The first-order valence-corrected chi connectivity index (χ1v) is 8.13. The lowest BCUT2D eigenvalue weighted by Crippen LogP contribution is -2.36. The van der Waals surface area contributed by atoms with Crippen LogP contribution in [0, 0.1) is 0 Å². The Labute approximate surface area is 151 Å². The van der Waals surface area contributed by atoms with Crippen LogP contribution in [0.5, 0.6) is 5.75 Å². The number of phenols is 1. The van der Waals surface area contributed by atoms with Crippen LogP contribution in [0.4, 0.5) is 13.2 Å². The minimum atomic E-state index is -4.39. The van der Waals surface area contributed by atoms with Gasteiger partial charge in [-0.15, -0.1) is 0 Å². The number of alkyl halides is 3. The minimum absolute atomic E-state index is 0.0716. The number of aromatic hydroxyl groups is 1. The topological polar surface area (TPSA) is 95.7 Å². The highest BCUT2D eigenvalue weighted by Crippen LogP contribution is 2.28. The van der Waals surface area contributed by atoms with Gasteiger partial charge in [0.05, 0.1) is 18.5 Å². The molecule has 0 saturated heterocycles. The number of benzene rings is 1. The third-order valence-corrected chi connectivity index (χ3v) is 4.37. The highest BCUT2D eigenvalue weighted by molar-refractivity contribution is 5.97. The van der Waals surface area contributed by atoms with E-state index in [0.717, 1.165) is 4.68 Å². The Morgan fingerprint density at radius 1 is 1.22 bits per heavy atom. The number of nitrogens with zero attached hydrogens (tertiary/aromatic N) is 3. The number of halogens is 3. The van der Waals surface area contributed by atoms with Crippen LogP contribution in [-0.4, -0.2) is 49.5 Å². The summed E-state index contributed by atoms with van der Waals surface area (Å²) < 4.78 is 38.6. The van der Waals surface area contributed by atoms with Gasteiger partial charge in [-0.05, 0) is 12.1 Å². The fraction of sp³-hybridized carbons (Fsp3) is 0.353. The van der Waals surface area contributed by atoms with Crippen LogP contribution >= 0.6 is 0 Å². The second kappa shape index (κ2) is 6.93. The molecule has 27 heavy (non-hydrogen) atoms. The highest BCUT2D eigenvalue weighted by Gasteiger charge is 2.33. The number of carbonyl (C=O) groups excluding carboxylic acids is 1. The van der Waals surface area contributed by atoms with E-state index >= 15 is 0 Å². The molecule has 0 unspecified atom stereocenters. The lowest BCUT2D eigenvalue weighted by Gasteiger charge is -2.28. The monoisotopic (exact) mass is 383 g/mol. The number of para-hydroxylation sites is 1. The van der Waals surface area contributed by atoms with Gasteiger partial charge < -0.3 is 15.1 Å². The first kappa shape index (κ1) is 18.7. The number of carbonyl (C=O) groups is 2. The Hall–Kier alpha value is -3.04. The number of rotatable bonds is 4. The number of fused-ring (bicyclic) bond motifs is 1. The van der Waals surface area contributed by atoms with Crippen molar-refractivity contribution < 1.29 is 33.0 Å². The van der Waals surface area contributed by atoms with E-state index in [4.69, 9.17) is 0 Å². The first-order chi connectivity index (χ1) is 12.7. The van der Waals surface area contributed by atoms with E-state index in [2.05, 4.69) is 5.10 Å². The van der Waals surface area contributed by atoms with Gasteiger partial charge in [0.2, 0.25) is 0 Å². The van der Waals surface area contributed by atoms with Crippen LogP contribution in [-0.2, 0) is 19.5 Å². The molecule has 1 aromatic heterocycles. The molecular weight excluding hydrogens is 367 g/mol. The Morgan fingerprint density at radius 3 is 2.56 bits per heavy atom. The lowest BCUT2D eigenvalue weighted by molar-refractivity contribution is -0.137. The standard InChI is InChI=1S/C17H16F3N3O4/c18-17(19,20)6-8-23-12-5-7-22(9-11(12)14(21-23)16(26)27)15(25)10-3-1-2-4-13(10)24/h1-4,24H,5-9H2,(H,26,27). The molecule has 0 radical (unpaired) electrons. The zero-order valence-corrected chi connectivity index (χ0v) is 14.0. The van der Waals surface area contributed by atoms with Crippen molar-refractivity contribution in [2.45, 2.75) is 32.1 Å². The maximum Gasteiger partial charge on any atom is 0.390 e. The summed E-state index contributed by atoms with van der Waals surface area (Å²) in [5, 5.41) is 23.0. The molecule has 1 aliphatic heterocycles. The van der Waals surface area contributed by atoms with Gasteiger partial charge in [0.15, 0.2) is 5.69 Å². The first-order valence-electron chi connectivity index (χ1n) is 8.13. The van der Waals surface area contributed by atoms with Gasteiger partial charge in [-0.2, -0.15) is 18.3 Å². The normalized spacial score (nSPS) is 14.1. The molecule has 0 fully saturated rings. The Bertz CT molecular complexity index is 892. The van der Waals surface area contributed by atoms with Crippen molar-refractivity contribution in [3.05, 3.63) is 46.8 Å². The number of carboxylic acid groups (broad SMARTS) is 1. The molecule has 1 aromatic carbocycles. The van der Waals surface area contributed by atoms with E-state index in [1.165, 1.54) is 17.0 Å². The number of phenolic OH excluding ortho intramolecular Hbond substituents is 1. The zero-order valence-electron chi connectivity index (χ0n) is 14.0. The summed E-state index contributed by atoms with van der Waals surface area (Å²) in [6, 6.07) is 5.95. The number of hydrogen-bond acceptors (Lipinski definition) is 4. The summed E-state index contributed by atoms with van der Waals surface area (Å²) in [5.41, 5.74) is 0.321. The molecule has 2 heterocycles. The molecule has 10 heteroatoms. The van der Waals surface area contributed by atoms with Gasteiger partial charge in [-0.25, -0.2) is 4.79 Å². The third-order valence-electron chi connectivity index (χ3n) is 4.37. The molecular formula is C17H16F3N3O4. The molecule has 0 spiro atoms. The maximum absolute atomic E-state index is 12.6. The van der Waals surface area contributed by atoms with Gasteiger partial charge in [0, 0.05) is 30.8 Å². The molecule has 0 aliphatic carbocycles. The predicted octanol–water partition coefficient (Wildman–Crippen LogP) is 2.44. The fourth-order valence-electron chi connectivity index (χ4n) is 3.08. The zero-order chi connectivity index (χ0) is 19.8. The van der Waals surface area contributed by atoms with Crippen LogP contribution in [0.25, 0.3) is 0 Å². The van der Waals surface area contributed by atoms with E-state index in [0.29, 0.717) is 5.69 Å². The number of aryl methyl sites for hydroxylation is 1. The number of aromatic carboxylic acids is 1. The largest absolute Gasteiger partial charge is 0.507 e. The van der Waals surface area contributed by atoms with Gasteiger partial charge in [0.1, 0.15) is 5.75 Å². The third kappa shape index (κ3) is 3.88. The Balaban J connectivity index is 1.88. The van der Waals surface area contributed by atoms with E-state index in [9.17, 15) is 33.0 Å². The van der Waals surface area contributed by atoms with Crippen molar-refractivity contribution in [1.82, 2.24) is 14.7 Å². The van der Waals surface area contributed by atoms with Crippen LogP contribution in [0.1, 0.15) is 38.5 Å². The molecule has 0 saturated carbocycles. The minimum Gasteiger partial charge on any atom is -0.507 e. The van der Waals surface area contributed by atoms with E-state index in [-0.39, 0.29) is 42.1 Å². The van der Waals surface area contributed by atoms with Crippen LogP contribution in [0.3, 0.4) is 0 Å². The smallest absolute Gasteiger partial charge is 0.390 e. The van der Waals surface area contributed by atoms with Crippen molar-refractivity contribution in [2.24, 2.45) is 0 Å². The van der Waals surface area contributed by atoms with Crippen molar-refractivity contribution in [2.75, 3.05) is 6.54 Å². The molecule has 1 aliphatic rings. The molecule has 2 N–H and O–H groups in total. The number of carboxylic acids is 1. The number of aromatic nitrogens is 2. The summed E-state index contributed by atoms with van der Waals surface area (Å²) in [7, 11) is 0. The molecule has 0 bridgehead atoms. The Kier molecular flexibility index (Phi) is 4.81. The molecule has 144 valence electrons. The second-order valence-corrected chi connectivity index (χ2v) is 6.16. The Morgan fingerprint density at radius 2 is 1.93 bits per heavy atom. The molecule has 0 atom stereocenters. The SMILES string of the molecule is O=C(O)c1nn(CCC(F)(F)F)c2c1CN(C(=O)c1ccccc1O)CC2. The van der Waals surface area contributed by atoms with Crippen LogP contribution < -0.4 is 0 Å². The second-order valence-electron chi connectivity index (χ2n) is 6.16. The van der Waals surface area contributed by atoms with Crippen molar-refractivity contribution in [1.29, 1.82) is 0 Å².